The summed E-state index contributed by atoms with van der Waals surface area (Å²) in [7, 11) is 0. The smallest absolute Gasteiger partial charge is 0.160 e. The van der Waals surface area contributed by atoms with Gasteiger partial charge in [-0.2, -0.15) is 0 Å². The minimum Gasteiger partial charge on any atom is -0.398 e. The minimum atomic E-state index is -0.946. The first-order valence-corrected chi connectivity index (χ1v) is 6.49. The number of benzene rings is 2. The van der Waals surface area contributed by atoms with Crippen LogP contribution in [0.3, 0.4) is 0 Å². The molecule has 1 aromatic heterocycles. The van der Waals surface area contributed by atoms with Gasteiger partial charge >= 0.3 is 0 Å². The van der Waals surface area contributed by atoms with E-state index < -0.39 is 11.6 Å². The predicted octanol–water partition coefficient (Wildman–Crippen LogP) is 4.13. The van der Waals surface area contributed by atoms with E-state index in [-0.39, 0.29) is 5.69 Å². The van der Waals surface area contributed by atoms with E-state index in [0.717, 1.165) is 27.9 Å². The lowest BCUT2D eigenvalue weighted by Crippen LogP contribution is -1.94. The Morgan fingerprint density at radius 2 is 1.89 bits per heavy atom. The Morgan fingerprint density at radius 1 is 1.16 bits per heavy atom. The van der Waals surface area contributed by atoms with Gasteiger partial charge in [0.1, 0.15) is 5.01 Å². The Hall–Kier alpha value is -2.01. The average Bonchev–Trinajstić information content (AvgIpc) is 2.79. The van der Waals surface area contributed by atoms with E-state index in [1.165, 1.54) is 11.3 Å². The molecule has 0 atom stereocenters. The van der Waals surface area contributed by atoms with E-state index in [1.807, 2.05) is 25.1 Å². The van der Waals surface area contributed by atoms with Crippen molar-refractivity contribution in [3.05, 3.63) is 47.5 Å². The van der Waals surface area contributed by atoms with Crippen LogP contribution in [0.5, 0.6) is 0 Å². The molecule has 2 N–H and O–H groups in total. The quantitative estimate of drug-likeness (QED) is 0.679. The van der Waals surface area contributed by atoms with Gasteiger partial charge < -0.3 is 5.73 Å². The number of anilines is 1. The van der Waals surface area contributed by atoms with E-state index in [2.05, 4.69) is 4.98 Å². The summed E-state index contributed by atoms with van der Waals surface area (Å²) in [5, 5.41) is 0.598. The molecule has 3 rings (SSSR count). The van der Waals surface area contributed by atoms with Crippen molar-refractivity contribution in [3.8, 4) is 10.6 Å². The van der Waals surface area contributed by atoms with Gasteiger partial charge in [-0.05, 0) is 24.6 Å². The lowest BCUT2D eigenvalue weighted by atomic mass is 10.1. The summed E-state index contributed by atoms with van der Waals surface area (Å²) in [5.41, 5.74) is 8.27. The Bertz CT molecular complexity index is 780. The zero-order valence-electron chi connectivity index (χ0n) is 10.1. The number of fused-ring (bicyclic) bond motifs is 1. The molecule has 0 aliphatic carbocycles. The standard InChI is InChI=1S/C14H10F2N2S/c1-7-3-2-4-12-13(7)18-14(19-12)8-5-9(15)10(16)6-11(8)17/h2-6H,17H2,1H3. The van der Waals surface area contributed by atoms with Crippen LogP contribution in [0.1, 0.15) is 5.56 Å². The summed E-state index contributed by atoms with van der Waals surface area (Å²) in [4.78, 5) is 4.46. The third-order valence-corrected chi connectivity index (χ3v) is 4.00. The number of nitrogens with two attached hydrogens (primary N) is 1. The average molecular weight is 276 g/mol. The van der Waals surface area contributed by atoms with E-state index in [9.17, 15) is 8.78 Å². The van der Waals surface area contributed by atoms with Gasteiger partial charge in [0.05, 0.1) is 10.2 Å². The van der Waals surface area contributed by atoms with Crippen LogP contribution in [-0.2, 0) is 0 Å². The fourth-order valence-corrected chi connectivity index (χ4v) is 3.03. The Labute approximate surface area is 112 Å². The van der Waals surface area contributed by atoms with Crippen molar-refractivity contribution in [2.45, 2.75) is 6.92 Å². The predicted molar refractivity (Wildman–Crippen MR) is 74.1 cm³/mol. The van der Waals surface area contributed by atoms with Gasteiger partial charge in [-0.1, -0.05) is 12.1 Å². The van der Waals surface area contributed by atoms with E-state index in [1.54, 1.807) is 0 Å². The second-order valence-corrected chi connectivity index (χ2v) is 5.32. The fraction of sp³-hybridized carbons (Fsp3) is 0.0714. The highest BCUT2D eigenvalue weighted by atomic mass is 32.1. The van der Waals surface area contributed by atoms with Crippen molar-refractivity contribution in [1.82, 2.24) is 4.98 Å². The minimum absolute atomic E-state index is 0.190. The molecule has 0 saturated heterocycles. The second-order valence-electron chi connectivity index (χ2n) is 4.29. The van der Waals surface area contributed by atoms with Crippen molar-refractivity contribution < 1.29 is 8.78 Å². The van der Waals surface area contributed by atoms with Gasteiger partial charge in [0, 0.05) is 17.3 Å². The van der Waals surface area contributed by atoms with Gasteiger partial charge in [-0.15, -0.1) is 11.3 Å². The van der Waals surface area contributed by atoms with Crippen molar-refractivity contribution in [1.29, 1.82) is 0 Å². The van der Waals surface area contributed by atoms with Crippen LogP contribution in [0.2, 0.25) is 0 Å². The summed E-state index contributed by atoms with van der Waals surface area (Å²) in [6.45, 7) is 1.96. The van der Waals surface area contributed by atoms with Gasteiger partial charge in [-0.3, -0.25) is 0 Å². The summed E-state index contributed by atoms with van der Waals surface area (Å²) < 4.78 is 27.4. The number of hydrogen-bond acceptors (Lipinski definition) is 3. The number of rotatable bonds is 1. The first kappa shape index (κ1) is 12.0. The van der Waals surface area contributed by atoms with E-state index in [4.69, 9.17) is 5.73 Å². The molecule has 0 saturated carbocycles. The summed E-state index contributed by atoms with van der Waals surface area (Å²) >= 11 is 1.41. The Kier molecular flexibility index (Phi) is 2.71. The van der Waals surface area contributed by atoms with Crippen molar-refractivity contribution in [2.24, 2.45) is 0 Å². The Balaban J connectivity index is 2.25. The summed E-state index contributed by atoms with van der Waals surface area (Å²) in [5.74, 6) is -1.86. The molecular weight excluding hydrogens is 266 g/mol. The molecule has 0 bridgehead atoms. The monoisotopic (exact) mass is 276 g/mol. The second kappa shape index (κ2) is 4.28. The fourth-order valence-electron chi connectivity index (χ4n) is 1.95. The van der Waals surface area contributed by atoms with Gasteiger partial charge in [0.25, 0.3) is 0 Å². The zero-order chi connectivity index (χ0) is 13.6. The summed E-state index contributed by atoms with van der Waals surface area (Å²) in [6.07, 6.45) is 0. The SMILES string of the molecule is Cc1cccc2sc(-c3cc(F)c(F)cc3N)nc12. The third-order valence-electron chi connectivity index (χ3n) is 2.94. The van der Waals surface area contributed by atoms with Crippen molar-refractivity contribution in [2.75, 3.05) is 5.73 Å². The number of hydrogen-bond donors (Lipinski definition) is 1. The third kappa shape index (κ3) is 1.96. The Morgan fingerprint density at radius 3 is 2.63 bits per heavy atom. The summed E-state index contributed by atoms with van der Waals surface area (Å²) in [6, 6.07) is 7.93. The number of halogens is 2. The molecule has 5 heteroatoms. The molecule has 0 amide bonds. The highest BCUT2D eigenvalue weighted by Crippen LogP contribution is 2.35. The maximum atomic E-state index is 13.3. The molecule has 0 aliphatic rings. The molecule has 2 aromatic carbocycles. The molecule has 19 heavy (non-hydrogen) atoms. The highest BCUT2D eigenvalue weighted by molar-refractivity contribution is 7.21. The number of nitrogens with zero attached hydrogens (tertiary/aromatic N) is 1. The van der Waals surface area contributed by atoms with E-state index >= 15 is 0 Å². The molecule has 96 valence electrons. The number of aryl methyl sites for hydroxylation is 1. The largest absolute Gasteiger partial charge is 0.398 e. The normalized spacial score (nSPS) is 11.1. The molecule has 0 spiro atoms. The van der Waals surface area contributed by atoms with Crippen LogP contribution in [0.25, 0.3) is 20.8 Å². The molecule has 0 unspecified atom stereocenters. The maximum Gasteiger partial charge on any atom is 0.160 e. The molecule has 0 fully saturated rings. The highest BCUT2D eigenvalue weighted by Gasteiger charge is 2.14. The molecule has 0 radical (unpaired) electrons. The number of para-hydroxylation sites is 1. The lowest BCUT2D eigenvalue weighted by Gasteiger charge is -2.02. The zero-order valence-corrected chi connectivity index (χ0v) is 10.9. The maximum absolute atomic E-state index is 13.3. The topological polar surface area (TPSA) is 38.9 Å². The van der Waals surface area contributed by atoms with Crippen molar-refractivity contribution >= 4 is 27.2 Å². The number of aromatic nitrogens is 1. The first-order valence-electron chi connectivity index (χ1n) is 5.67. The molecule has 0 aliphatic heterocycles. The van der Waals surface area contributed by atoms with E-state index in [0.29, 0.717) is 10.6 Å². The van der Waals surface area contributed by atoms with Crippen LogP contribution in [0, 0.1) is 18.6 Å². The molecule has 3 aromatic rings. The van der Waals surface area contributed by atoms with Gasteiger partial charge in [0.2, 0.25) is 0 Å². The van der Waals surface area contributed by atoms with Crippen LogP contribution in [0.15, 0.2) is 30.3 Å². The molecule has 1 heterocycles. The lowest BCUT2D eigenvalue weighted by molar-refractivity contribution is 0.509. The van der Waals surface area contributed by atoms with Crippen LogP contribution >= 0.6 is 11.3 Å². The number of nitrogen functional groups attached to an aromatic ring is 1. The van der Waals surface area contributed by atoms with Crippen LogP contribution in [-0.4, -0.2) is 4.98 Å². The van der Waals surface area contributed by atoms with Crippen LogP contribution < -0.4 is 5.73 Å². The van der Waals surface area contributed by atoms with Gasteiger partial charge in [0.15, 0.2) is 11.6 Å². The molecular formula is C14H10F2N2S. The van der Waals surface area contributed by atoms with Gasteiger partial charge in [-0.25, -0.2) is 13.8 Å². The van der Waals surface area contributed by atoms with Crippen LogP contribution in [0.4, 0.5) is 14.5 Å². The first-order chi connectivity index (χ1) is 9.06. The molecule has 2 nitrogen and oxygen atoms in total. The van der Waals surface area contributed by atoms with Crippen molar-refractivity contribution in [3.63, 3.8) is 0 Å². The number of thiazole rings is 1.